The van der Waals surface area contributed by atoms with Crippen molar-refractivity contribution in [3.63, 3.8) is 0 Å². The first-order valence-corrected chi connectivity index (χ1v) is 12.9. The zero-order valence-corrected chi connectivity index (χ0v) is 21.1. The monoisotopic (exact) mass is 502 g/mol. The lowest BCUT2D eigenvalue weighted by Crippen LogP contribution is -2.48. The predicted octanol–water partition coefficient (Wildman–Crippen LogP) is 3.36. The summed E-state index contributed by atoms with van der Waals surface area (Å²) in [6.45, 7) is 6.00. The molecule has 3 aromatic rings. The number of hydrogen-bond donors (Lipinski definition) is 4. The summed E-state index contributed by atoms with van der Waals surface area (Å²) >= 11 is 0. The van der Waals surface area contributed by atoms with Gasteiger partial charge >= 0.3 is 0 Å². The maximum absolute atomic E-state index is 6.94. The summed E-state index contributed by atoms with van der Waals surface area (Å²) in [7, 11) is 0. The van der Waals surface area contributed by atoms with Gasteiger partial charge in [-0.3, -0.25) is 5.73 Å². The fraction of sp³-hybridized carbons (Fsp3) is 0.407. The topological polar surface area (TPSA) is 128 Å². The molecule has 3 aliphatic rings. The lowest BCUT2D eigenvalue weighted by Gasteiger charge is -2.35. The predicted molar refractivity (Wildman–Crippen MR) is 146 cm³/mol. The second-order valence-electron chi connectivity index (χ2n) is 9.82. The molecule has 0 amide bonds. The van der Waals surface area contributed by atoms with E-state index in [0.29, 0.717) is 11.5 Å². The zero-order valence-electron chi connectivity index (χ0n) is 21.1. The third kappa shape index (κ3) is 4.63. The molecule has 2 aromatic carbocycles. The Morgan fingerprint density at radius 2 is 1.89 bits per heavy atom. The van der Waals surface area contributed by atoms with E-state index in [1.807, 2.05) is 35.9 Å². The number of nitrogens with two attached hydrogens (primary N) is 2. The number of anilines is 4. The molecular weight excluding hydrogens is 468 g/mol. The molecule has 37 heavy (non-hydrogen) atoms. The van der Waals surface area contributed by atoms with Crippen molar-refractivity contribution < 1.29 is 9.47 Å². The second kappa shape index (κ2) is 9.70. The van der Waals surface area contributed by atoms with Gasteiger partial charge in [-0.15, -0.1) is 0 Å². The van der Waals surface area contributed by atoms with Crippen LogP contribution in [0.15, 0.2) is 53.5 Å². The maximum atomic E-state index is 6.94. The highest BCUT2D eigenvalue weighted by atomic mass is 16.5. The summed E-state index contributed by atoms with van der Waals surface area (Å²) in [5.41, 5.74) is 18.3. The van der Waals surface area contributed by atoms with E-state index < -0.39 is 5.79 Å². The van der Waals surface area contributed by atoms with Crippen LogP contribution >= 0.6 is 0 Å². The first kappa shape index (κ1) is 23.8. The normalized spacial score (nSPS) is 23.7. The van der Waals surface area contributed by atoms with Crippen molar-refractivity contribution in [3.05, 3.63) is 65.4 Å². The van der Waals surface area contributed by atoms with Crippen LogP contribution in [-0.2, 0) is 15.3 Å². The van der Waals surface area contributed by atoms with Crippen LogP contribution in [-0.4, -0.2) is 48.5 Å². The highest BCUT2D eigenvalue weighted by Crippen LogP contribution is 2.37. The van der Waals surface area contributed by atoms with Gasteiger partial charge in [-0.1, -0.05) is 12.1 Å². The van der Waals surface area contributed by atoms with E-state index in [1.54, 1.807) is 0 Å². The second-order valence-corrected chi connectivity index (χ2v) is 9.82. The first-order valence-electron chi connectivity index (χ1n) is 12.9. The van der Waals surface area contributed by atoms with Crippen LogP contribution in [0.2, 0.25) is 0 Å². The summed E-state index contributed by atoms with van der Waals surface area (Å²) in [5, 5.41) is 11.9. The maximum Gasteiger partial charge on any atom is 0.212 e. The highest BCUT2D eigenvalue weighted by molar-refractivity contribution is 6.13. The molecule has 6 rings (SSSR count). The van der Waals surface area contributed by atoms with Gasteiger partial charge in [0.2, 0.25) is 5.79 Å². The minimum absolute atomic E-state index is 0.152. The molecule has 0 spiro atoms. The van der Waals surface area contributed by atoms with Crippen LogP contribution in [0.3, 0.4) is 0 Å². The number of amidine groups is 1. The smallest absolute Gasteiger partial charge is 0.212 e. The van der Waals surface area contributed by atoms with E-state index >= 15 is 0 Å². The third-order valence-corrected chi connectivity index (χ3v) is 7.18. The number of nitrogen functional groups attached to an aromatic ring is 1. The van der Waals surface area contributed by atoms with E-state index in [4.69, 9.17) is 31.0 Å². The Labute approximate surface area is 216 Å². The van der Waals surface area contributed by atoms with Crippen molar-refractivity contribution in [1.29, 1.82) is 0 Å². The Balaban J connectivity index is 1.38. The van der Waals surface area contributed by atoms with Crippen molar-refractivity contribution in [3.8, 4) is 0 Å². The number of benzene rings is 2. The number of aryl methyl sites for hydroxylation is 1. The molecule has 2 unspecified atom stereocenters. The largest absolute Gasteiger partial charge is 0.399 e. The number of aromatic nitrogens is 2. The van der Waals surface area contributed by atoms with Crippen LogP contribution in [0.5, 0.6) is 0 Å². The van der Waals surface area contributed by atoms with Crippen LogP contribution in [0.1, 0.15) is 42.3 Å². The number of aliphatic imine (C=N–C) groups is 1. The number of rotatable bonds is 4. The van der Waals surface area contributed by atoms with E-state index in [1.165, 1.54) is 5.69 Å². The minimum atomic E-state index is -1.24. The van der Waals surface area contributed by atoms with Crippen molar-refractivity contribution in [2.75, 3.05) is 54.2 Å². The zero-order chi connectivity index (χ0) is 25.4. The van der Waals surface area contributed by atoms with Gasteiger partial charge in [0.15, 0.2) is 6.23 Å². The molecule has 10 nitrogen and oxygen atoms in total. The van der Waals surface area contributed by atoms with E-state index in [0.717, 1.165) is 80.5 Å². The molecule has 0 bridgehead atoms. The molecule has 0 radical (unpaired) electrons. The number of ether oxygens (including phenoxy) is 2. The van der Waals surface area contributed by atoms with E-state index in [-0.39, 0.29) is 6.23 Å². The molecule has 2 atom stereocenters. The molecule has 194 valence electrons. The average molecular weight is 503 g/mol. The number of nitrogens with zero attached hydrogens (tertiary/aromatic N) is 4. The van der Waals surface area contributed by atoms with E-state index in [9.17, 15) is 0 Å². The van der Waals surface area contributed by atoms with Gasteiger partial charge in [0.05, 0.1) is 24.5 Å². The standard InChI is InChI=1S/C27H34N8O2/c1-18-24-25(30-21-8-10-22(11-9-21)34-12-15-36-16-13-34)31-27(29,19-5-4-6-20(28)17-19)32-26(24)35(33-18)23-7-2-3-14-37-23/h4-6,8-11,17,23,32H,2-3,7,12-16,28-29H2,1H3,(H,30,31). The highest BCUT2D eigenvalue weighted by Gasteiger charge is 2.38. The fourth-order valence-electron chi connectivity index (χ4n) is 5.23. The number of hydrogen-bond acceptors (Lipinski definition) is 9. The Hall–Kier alpha value is -3.60. The average Bonchev–Trinajstić information content (AvgIpc) is 3.26. The van der Waals surface area contributed by atoms with Gasteiger partial charge in [-0.25, -0.2) is 9.67 Å². The van der Waals surface area contributed by atoms with Gasteiger partial charge in [-0.05, 0) is 62.6 Å². The van der Waals surface area contributed by atoms with Crippen LogP contribution in [0.25, 0.3) is 0 Å². The van der Waals surface area contributed by atoms with Crippen LogP contribution in [0, 0.1) is 6.92 Å². The first-order chi connectivity index (χ1) is 18.0. The van der Waals surface area contributed by atoms with Crippen LogP contribution in [0.4, 0.5) is 22.9 Å². The molecule has 10 heteroatoms. The summed E-state index contributed by atoms with van der Waals surface area (Å²) < 4.78 is 13.5. The molecule has 0 aliphatic carbocycles. The van der Waals surface area contributed by atoms with Crippen molar-refractivity contribution in [2.45, 2.75) is 38.2 Å². The minimum Gasteiger partial charge on any atom is -0.399 e. The van der Waals surface area contributed by atoms with Crippen LogP contribution < -0.4 is 27.0 Å². The number of nitrogens with one attached hydrogen (secondary N) is 2. The Kier molecular flexibility index (Phi) is 6.23. The van der Waals surface area contributed by atoms with Gasteiger partial charge in [0.1, 0.15) is 11.7 Å². The molecular formula is C27H34N8O2. The Morgan fingerprint density at radius 1 is 1.08 bits per heavy atom. The summed E-state index contributed by atoms with van der Waals surface area (Å²) in [6.07, 6.45) is 2.90. The molecule has 1 aromatic heterocycles. The van der Waals surface area contributed by atoms with Crippen molar-refractivity contribution >= 4 is 28.7 Å². The molecule has 3 aliphatic heterocycles. The number of fused-ring (bicyclic) bond motifs is 1. The Morgan fingerprint density at radius 3 is 2.62 bits per heavy atom. The van der Waals surface area contributed by atoms with Gasteiger partial charge < -0.3 is 30.7 Å². The van der Waals surface area contributed by atoms with Crippen molar-refractivity contribution in [1.82, 2.24) is 9.78 Å². The van der Waals surface area contributed by atoms with Gasteiger partial charge in [0.25, 0.3) is 0 Å². The molecule has 4 heterocycles. The lowest BCUT2D eigenvalue weighted by molar-refractivity contribution is -0.0384. The molecule has 0 saturated carbocycles. The lowest BCUT2D eigenvalue weighted by atomic mass is 10.0. The summed E-state index contributed by atoms with van der Waals surface area (Å²) in [5.74, 6) is 0.200. The Bertz CT molecular complexity index is 1290. The van der Waals surface area contributed by atoms with Crippen molar-refractivity contribution in [2.24, 2.45) is 10.7 Å². The van der Waals surface area contributed by atoms with Gasteiger partial charge in [0, 0.05) is 42.3 Å². The molecule has 2 saturated heterocycles. The fourth-order valence-corrected chi connectivity index (χ4v) is 5.23. The molecule has 2 fully saturated rings. The molecule has 6 N–H and O–H groups in total. The van der Waals surface area contributed by atoms with E-state index in [2.05, 4.69) is 39.8 Å². The summed E-state index contributed by atoms with van der Waals surface area (Å²) in [6, 6.07) is 15.9. The van der Waals surface area contributed by atoms with Gasteiger partial charge in [-0.2, -0.15) is 5.10 Å². The third-order valence-electron chi connectivity index (χ3n) is 7.18. The SMILES string of the molecule is Cc1nn(C2CCCCO2)c2c1C(Nc1ccc(N3CCOCC3)cc1)=NC(N)(c1cccc(N)c1)N2. The number of morpholine rings is 1. The summed E-state index contributed by atoms with van der Waals surface area (Å²) in [4.78, 5) is 7.32. The quantitative estimate of drug-likeness (QED) is 0.400.